The van der Waals surface area contributed by atoms with Gasteiger partial charge in [0.15, 0.2) is 0 Å². The first-order valence-electron chi connectivity index (χ1n) is 7.19. The van der Waals surface area contributed by atoms with Gasteiger partial charge in [-0.2, -0.15) is 0 Å². The maximum absolute atomic E-state index is 3.53. The zero-order valence-corrected chi connectivity index (χ0v) is 11.5. The van der Waals surface area contributed by atoms with Gasteiger partial charge in [-0.3, -0.25) is 0 Å². The van der Waals surface area contributed by atoms with Gasteiger partial charge in [0.25, 0.3) is 0 Å². The molecule has 0 amide bonds. The van der Waals surface area contributed by atoms with Gasteiger partial charge in [0, 0.05) is 19.6 Å². The smallest absolute Gasteiger partial charge is 0.0107 e. The van der Waals surface area contributed by atoms with Crippen LogP contribution in [0.5, 0.6) is 0 Å². The van der Waals surface area contributed by atoms with Crippen LogP contribution in [0.15, 0.2) is 0 Å². The Morgan fingerprint density at radius 2 is 1.88 bits per heavy atom. The van der Waals surface area contributed by atoms with Crippen molar-refractivity contribution in [2.45, 2.75) is 52.9 Å². The molecule has 1 aliphatic rings. The molecule has 1 saturated heterocycles. The van der Waals surface area contributed by atoms with Crippen LogP contribution in [-0.2, 0) is 0 Å². The number of unbranched alkanes of at least 4 members (excludes halogenated alkanes) is 1. The molecule has 0 saturated carbocycles. The molecule has 1 rings (SSSR count). The van der Waals surface area contributed by atoms with Crippen molar-refractivity contribution >= 4 is 0 Å². The minimum absolute atomic E-state index is 0.642. The minimum Gasteiger partial charge on any atom is -0.315 e. The van der Waals surface area contributed by atoms with Crippen LogP contribution in [-0.4, -0.2) is 37.6 Å². The number of hydrogen-bond acceptors (Lipinski definition) is 2. The van der Waals surface area contributed by atoms with E-state index in [0.717, 1.165) is 0 Å². The molecular weight excluding hydrogens is 196 g/mol. The first kappa shape index (κ1) is 14.0. The van der Waals surface area contributed by atoms with Crippen LogP contribution in [0.3, 0.4) is 0 Å². The van der Waals surface area contributed by atoms with Crippen molar-refractivity contribution < 1.29 is 0 Å². The SMILES string of the molecule is CCCCNCCN1CCC(CC)(CC)C1. The summed E-state index contributed by atoms with van der Waals surface area (Å²) in [6.07, 6.45) is 6.72. The highest BCUT2D eigenvalue weighted by molar-refractivity contribution is 4.87. The molecule has 0 aromatic rings. The van der Waals surface area contributed by atoms with E-state index in [2.05, 4.69) is 31.0 Å². The van der Waals surface area contributed by atoms with Crippen LogP contribution in [0.2, 0.25) is 0 Å². The standard InChI is InChI=1S/C14H30N2/c1-4-7-9-15-10-12-16-11-8-14(5-2,6-3)13-16/h15H,4-13H2,1-3H3. The highest BCUT2D eigenvalue weighted by Crippen LogP contribution is 2.36. The number of nitrogens with zero attached hydrogens (tertiary/aromatic N) is 1. The summed E-state index contributed by atoms with van der Waals surface area (Å²) >= 11 is 0. The third kappa shape index (κ3) is 4.06. The number of rotatable bonds is 8. The lowest BCUT2D eigenvalue weighted by atomic mass is 9.82. The molecule has 0 spiro atoms. The Labute approximate surface area is 102 Å². The fourth-order valence-corrected chi connectivity index (χ4v) is 2.71. The van der Waals surface area contributed by atoms with Crippen LogP contribution in [0, 0.1) is 5.41 Å². The molecule has 2 nitrogen and oxygen atoms in total. The molecule has 96 valence electrons. The Hall–Kier alpha value is -0.0800. The van der Waals surface area contributed by atoms with Gasteiger partial charge < -0.3 is 10.2 Å². The third-order valence-corrected chi connectivity index (χ3v) is 4.33. The number of likely N-dealkylation sites (tertiary alicyclic amines) is 1. The van der Waals surface area contributed by atoms with Crippen LogP contribution < -0.4 is 5.32 Å². The zero-order valence-electron chi connectivity index (χ0n) is 11.5. The summed E-state index contributed by atoms with van der Waals surface area (Å²) in [6, 6.07) is 0. The summed E-state index contributed by atoms with van der Waals surface area (Å²) in [7, 11) is 0. The van der Waals surface area contributed by atoms with Crippen molar-refractivity contribution in [1.82, 2.24) is 10.2 Å². The van der Waals surface area contributed by atoms with Gasteiger partial charge in [0.1, 0.15) is 0 Å². The second kappa shape index (κ2) is 7.29. The molecule has 1 aliphatic heterocycles. The molecule has 0 radical (unpaired) electrons. The van der Waals surface area contributed by atoms with Gasteiger partial charge in [-0.25, -0.2) is 0 Å². The van der Waals surface area contributed by atoms with Crippen LogP contribution in [0.25, 0.3) is 0 Å². The van der Waals surface area contributed by atoms with Crippen LogP contribution in [0.1, 0.15) is 52.9 Å². The lowest BCUT2D eigenvalue weighted by Crippen LogP contribution is -2.33. The van der Waals surface area contributed by atoms with Gasteiger partial charge in [-0.1, -0.05) is 27.2 Å². The van der Waals surface area contributed by atoms with E-state index in [1.54, 1.807) is 0 Å². The summed E-state index contributed by atoms with van der Waals surface area (Å²) in [5.74, 6) is 0. The van der Waals surface area contributed by atoms with Gasteiger partial charge in [-0.05, 0) is 44.2 Å². The van der Waals surface area contributed by atoms with E-state index in [4.69, 9.17) is 0 Å². The Bertz CT molecular complexity index is 176. The highest BCUT2D eigenvalue weighted by atomic mass is 15.2. The second-order valence-corrected chi connectivity index (χ2v) is 5.34. The summed E-state index contributed by atoms with van der Waals surface area (Å²) in [6.45, 7) is 13.2. The van der Waals surface area contributed by atoms with Crippen LogP contribution in [0.4, 0.5) is 0 Å². The number of hydrogen-bond donors (Lipinski definition) is 1. The van der Waals surface area contributed by atoms with Crippen molar-refractivity contribution in [2.75, 3.05) is 32.7 Å². The average Bonchev–Trinajstić information content (AvgIpc) is 2.73. The Morgan fingerprint density at radius 1 is 1.12 bits per heavy atom. The van der Waals surface area contributed by atoms with Gasteiger partial charge in [0.2, 0.25) is 0 Å². The van der Waals surface area contributed by atoms with E-state index >= 15 is 0 Å². The molecular formula is C14H30N2. The Kier molecular flexibility index (Phi) is 6.37. The van der Waals surface area contributed by atoms with E-state index in [0.29, 0.717) is 5.41 Å². The lowest BCUT2D eigenvalue weighted by Gasteiger charge is -2.26. The van der Waals surface area contributed by atoms with Crippen molar-refractivity contribution in [1.29, 1.82) is 0 Å². The van der Waals surface area contributed by atoms with Gasteiger partial charge >= 0.3 is 0 Å². The topological polar surface area (TPSA) is 15.3 Å². The summed E-state index contributed by atoms with van der Waals surface area (Å²) in [4.78, 5) is 2.64. The molecule has 0 aromatic carbocycles. The fraction of sp³-hybridized carbons (Fsp3) is 1.00. The van der Waals surface area contributed by atoms with Crippen molar-refractivity contribution in [3.05, 3.63) is 0 Å². The maximum atomic E-state index is 3.53. The molecule has 1 heterocycles. The summed E-state index contributed by atoms with van der Waals surface area (Å²) in [5.41, 5.74) is 0.642. The van der Waals surface area contributed by atoms with E-state index in [9.17, 15) is 0 Å². The van der Waals surface area contributed by atoms with Gasteiger partial charge in [-0.15, -0.1) is 0 Å². The minimum atomic E-state index is 0.642. The molecule has 0 bridgehead atoms. The normalized spacial score (nSPS) is 20.4. The van der Waals surface area contributed by atoms with E-state index < -0.39 is 0 Å². The third-order valence-electron chi connectivity index (χ3n) is 4.33. The Balaban J connectivity index is 2.11. The van der Waals surface area contributed by atoms with Crippen molar-refractivity contribution in [3.63, 3.8) is 0 Å². The molecule has 2 heteroatoms. The first-order chi connectivity index (χ1) is 7.76. The predicted octanol–water partition coefficient (Wildman–Crippen LogP) is 2.89. The quantitative estimate of drug-likeness (QED) is 0.640. The van der Waals surface area contributed by atoms with E-state index in [-0.39, 0.29) is 0 Å². The molecule has 1 fully saturated rings. The highest BCUT2D eigenvalue weighted by Gasteiger charge is 2.34. The van der Waals surface area contributed by atoms with Crippen LogP contribution >= 0.6 is 0 Å². The lowest BCUT2D eigenvalue weighted by molar-refractivity contribution is 0.240. The van der Waals surface area contributed by atoms with E-state index in [1.165, 1.54) is 64.8 Å². The largest absolute Gasteiger partial charge is 0.315 e. The monoisotopic (exact) mass is 226 g/mol. The Morgan fingerprint density at radius 3 is 2.44 bits per heavy atom. The van der Waals surface area contributed by atoms with Crippen molar-refractivity contribution in [2.24, 2.45) is 5.41 Å². The molecule has 0 aliphatic carbocycles. The van der Waals surface area contributed by atoms with Crippen molar-refractivity contribution in [3.8, 4) is 0 Å². The molecule has 0 aromatic heterocycles. The first-order valence-corrected chi connectivity index (χ1v) is 7.19. The molecule has 1 N–H and O–H groups in total. The average molecular weight is 226 g/mol. The zero-order chi connectivity index (χ0) is 11.9. The summed E-state index contributed by atoms with van der Waals surface area (Å²) in [5, 5.41) is 3.53. The predicted molar refractivity (Wildman–Crippen MR) is 71.8 cm³/mol. The van der Waals surface area contributed by atoms with Gasteiger partial charge in [0.05, 0.1) is 0 Å². The molecule has 16 heavy (non-hydrogen) atoms. The van der Waals surface area contributed by atoms with E-state index in [1.807, 2.05) is 0 Å². The molecule has 0 unspecified atom stereocenters. The summed E-state index contributed by atoms with van der Waals surface area (Å²) < 4.78 is 0. The molecule has 0 atom stereocenters. The number of nitrogens with one attached hydrogen (secondary N) is 1. The second-order valence-electron chi connectivity index (χ2n) is 5.34. The maximum Gasteiger partial charge on any atom is 0.0107 e. The fourth-order valence-electron chi connectivity index (χ4n) is 2.71.